The Bertz CT molecular complexity index is 363. The molecule has 0 radical (unpaired) electrons. The molecule has 0 saturated carbocycles. The summed E-state index contributed by atoms with van der Waals surface area (Å²) in [6.07, 6.45) is -6.96. The Morgan fingerprint density at radius 3 is 2.44 bits per heavy atom. The Kier molecular flexibility index (Phi) is 4.76. The van der Waals surface area contributed by atoms with E-state index in [4.69, 9.17) is 2.74 Å². The van der Waals surface area contributed by atoms with Gasteiger partial charge in [0.05, 0.1) is 0 Å². The molecule has 8 nitrogen and oxygen atoms in total. The van der Waals surface area contributed by atoms with Crippen molar-refractivity contribution in [3.63, 3.8) is 0 Å². The number of rotatable bonds is 7. The highest BCUT2D eigenvalue weighted by molar-refractivity contribution is 5.89. The number of carbonyl (C=O) groups is 3. The molecule has 104 valence electrons. The van der Waals surface area contributed by atoms with Gasteiger partial charge in [0.2, 0.25) is 0 Å². The second-order valence-corrected chi connectivity index (χ2v) is 3.52. The van der Waals surface area contributed by atoms with Gasteiger partial charge in [-0.2, -0.15) is 0 Å². The molecule has 0 rings (SSSR count). The third kappa shape index (κ3) is 3.57. The maximum Gasteiger partial charge on any atom is 0.302 e. The van der Waals surface area contributed by atoms with Gasteiger partial charge in [0.25, 0.3) is 0 Å². The number of carbonyl (C=O) groups excluding carboxylic acids is 3. The van der Waals surface area contributed by atoms with Crippen molar-refractivity contribution in [3.05, 3.63) is 0 Å². The number of ketones is 1. The first-order valence-electron chi connectivity index (χ1n) is 6.16. The van der Waals surface area contributed by atoms with Crippen molar-refractivity contribution in [2.45, 2.75) is 37.7 Å². The van der Waals surface area contributed by atoms with Crippen LogP contribution in [0.4, 0.5) is 0 Å². The van der Waals surface area contributed by atoms with Crippen LogP contribution in [0.1, 0.15) is 16.5 Å². The van der Waals surface area contributed by atoms with Gasteiger partial charge in [0.1, 0.15) is 24.9 Å². The van der Waals surface area contributed by atoms with Gasteiger partial charge in [-0.05, 0) is 6.90 Å². The summed E-state index contributed by atoms with van der Waals surface area (Å²) >= 11 is 0. The minimum absolute atomic E-state index is 0.237. The average Bonchev–Trinajstić information content (AvgIpc) is 2.48. The Labute approximate surface area is 106 Å². The molecule has 0 aliphatic carbocycles. The highest BCUT2D eigenvalue weighted by Gasteiger charge is 2.50. The molecule has 0 aromatic carbocycles. The van der Waals surface area contributed by atoms with E-state index >= 15 is 0 Å². The molecule has 0 aromatic heterocycles. The summed E-state index contributed by atoms with van der Waals surface area (Å²) in [5.74, 6) is -2.42. The molecule has 4 atom stereocenters. The predicted octanol–water partition coefficient (Wildman–Crippen LogP) is -2.85. The lowest BCUT2D eigenvalue weighted by atomic mass is 9.84. The lowest BCUT2D eigenvalue weighted by Crippen LogP contribution is -2.62. The third-order valence-electron chi connectivity index (χ3n) is 2.26. The van der Waals surface area contributed by atoms with Crippen LogP contribution in [0.3, 0.4) is 0 Å². The molecule has 8 heteroatoms. The molecule has 0 spiro atoms. The number of Topliss-reactive ketones (excluding diaryl/α,β-unsaturated/α-hetero) is 1. The topological polar surface area (TPSA) is 141 Å². The zero-order chi connectivity index (χ0) is 15.9. The summed E-state index contributed by atoms with van der Waals surface area (Å²) in [4.78, 5) is 32.6. The molecule has 0 amide bonds. The zero-order valence-corrected chi connectivity index (χ0v) is 9.35. The van der Waals surface area contributed by atoms with Gasteiger partial charge < -0.3 is 30.0 Å². The Hall–Kier alpha value is -1.35. The van der Waals surface area contributed by atoms with Gasteiger partial charge in [-0.15, -0.1) is 0 Å². The highest BCUT2D eigenvalue weighted by atomic mass is 16.5. The van der Waals surface area contributed by atoms with E-state index in [2.05, 4.69) is 4.74 Å². The van der Waals surface area contributed by atoms with Crippen molar-refractivity contribution < 1.29 is 42.3 Å². The first kappa shape index (κ1) is 13.1. The van der Waals surface area contributed by atoms with Gasteiger partial charge in [-0.1, -0.05) is 0 Å². The van der Waals surface area contributed by atoms with Gasteiger partial charge in [0.15, 0.2) is 17.7 Å². The molecule has 0 fully saturated rings. The molecule has 18 heavy (non-hydrogen) atoms. The van der Waals surface area contributed by atoms with E-state index < -0.39 is 56.1 Å². The van der Waals surface area contributed by atoms with Crippen LogP contribution in [-0.2, 0) is 19.1 Å². The first-order chi connectivity index (χ1) is 9.25. The van der Waals surface area contributed by atoms with Crippen molar-refractivity contribution in [2.75, 3.05) is 6.61 Å². The number of esters is 1. The van der Waals surface area contributed by atoms with Crippen LogP contribution < -0.4 is 0 Å². The molecule has 0 unspecified atom stereocenters. The van der Waals surface area contributed by atoms with Crippen molar-refractivity contribution in [3.8, 4) is 0 Å². The summed E-state index contributed by atoms with van der Waals surface area (Å²) in [6, 6.07) is 0. The van der Waals surface area contributed by atoms with Gasteiger partial charge in [-0.25, -0.2) is 0 Å². The Morgan fingerprint density at radius 2 is 2.00 bits per heavy atom. The van der Waals surface area contributed by atoms with Crippen molar-refractivity contribution in [2.24, 2.45) is 0 Å². The monoisotopic (exact) mass is 266 g/mol. The van der Waals surface area contributed by atoms with Crippen molar-refractivity contribution >= 4 is 18.0 Å². The number of hydrogen-bond donors (Lipinski definition) is 4. The van der Waals surface area contributed by atoms with Crippen LogP contribution >= 0.6 is 0 Å². The maximum absolute atomic E-state index is 11.4. The maximum atomic E-state index is 11.4. The Morgan fingerprint density at radius 1 is 1.39 bits per heavy atom. The summed E-state index contributed by atoms with van der Waals surface area (Å²) in [5, 5.41) is 38.3. The van der Waals surface area contributed by atoms with Crippen molar-refractivity contribution in [1.29, 1.82) is 0 Å². The number of aliphatic hydroxyl groups is 4. The van der Waals surface area contributed by atoms with E-state index in [1.54, 1.807) is 0 Å². The first-order valence-corrected chi connectivity index (χ1v) is 4.74. The van der Waals surface area contributed by atoms with Gasteiger partial charge >= 0.3 is 5.97 Å². The summed E-state index contributed by atoms with van der Waals surface area (Å²) < 4.78 is 17.8. The van der Waals surface area contributed by atoms with Gasteiger partial charge in [0, 0.05) is 9.64 Å². The average molecular weight is 266 g/mol. The molecule has 0 aliphatic rings. The Balaban J connectivity index is 5.04. The molecule has 4 N–H and O–H groups in total. The fourth-order valence-corrected chi connectivity index (χ4v) is 1.17. The minimum atomic E-state index is -3.09. The number of hydrogen-bond acceptors (Lipinski definition) is 8. The minimum Gasteiger partial charge on any atom is -0.463 e. The van der Waals surface area contributed by atoms with Crippen LogP contribution in [0.5, 0.6) is 0 Å². The second kappa shape index (κ2) is 6.55. The third-order valence-corrected chi connectivity index (χ3v) is 2.26. The van der Waals surface area contributed by atoms with E-state index in [0.717, 1.165) is 0 Å². The highest BCUT2D eigenvalue weighted by Crippen LogP contribution is 2.20. The van der Waals surface area contributed by atoms with Crippen LogP contribution in [0, 0.1) is 0 Å². The van der Waals surface area contributed by atoms with Gasteiger partial charge in [-0.3, -0.25) is 9.59 Å². The smallest absolute Gasteiger partial charge is 0.302 e. The lowest BCUT2D eigenvalue weighted by Gasteiger charge is -2.34. The normalized spacial score (nSPS) is 20.7. The molecule has 0 saturated heterocycles. The predicted molar refractivity (Wildman–Crippen MR) is 56.3 cm³/mol. The molecule has 0 heterocycles. The van der Waals surface area contributed by atoms with Crippen LogP contribution in [0.15, 0.2) is 0 Å². The fraction of sp³-hybridized carbons (Fsp3) is 0.700. The van der Waals surface area contributed by atoms with Crippen molar-refractivity contribution in [1.82, 2.24) is 0 Å². The van der Waals surface area contributed by atoms with Crippen LogP contribution in [0.2, 0.25) is 0 Å². The molecule has 0 aliphatic heterocycles. The molecular weight excluding hydrogens is 248 g/mol. The van der Waals surface area contributed by atoms with E-state index in [0.29, 0.717) is 0 Å². The lowest BCUT2D eigenvalue weighted by molar-refractivity contribution is -0.190. The summed E-state index contributed by atoms with van der Waals surface area (Å²) in [6.45, 7) is -2.66. The van der Waals surface area contributed by atoms with Crippen LogP contribution in [-0.4, -0.2) is 69.0 Å². The van der Waals surface area contributed by atoms with E-state index in [1.807, 2.05) is 0 Å². The van der Waals surface area contributed by atoms with Crippen LogP contribution in [0.25, 0.3) is 0 Å². The molecule has 0 aromatic rings. The SMILES string of the molecule is [2H]CC(=O)OC[C@@H](O)[C@@H](O)[C@@](O)(C(=O)C[2H])[C@@H](O)C=O. The number of aldehydes is 1. The van der Waals surface area contributed by atoms with E-state index in [1.165, 1.54) is 0 Å². The fourth-order valence-electron chi connectivity index (χ4n) is 1.17. The standard InChI is InChI=1S/C10H16O8/c1-5(12)10(17,8(15)3-11)9(16)7(14)4-18-6(2)13/h3,7-9,14-17H,4H2,1-2H3/t7-,8+,9-,10-/m1/s1/i1D,2D. The summed E-state index contributed by atoms with van der Waals surface area (Å²) in [7, 11) is 0. The second-order valence-electron chi connectivity index (χ2n) is 3.52. The quantitative estimate of drug-likeness (QED) is 0.285. The summed E-state index contributed by atoms with van der Waals surface area (Å²) in [5.41, 5.74) is -3.09. The van der Waals surface area contributed by atoms with E-state index in [9.17, 15) is 34.8 Å². The zero-order valence-electron chi connectivity index (χ0n) is 11.4. The number of aliphatic hydroxyl groups excluding tert-OH is 3. The largest absolute Gasteiger partial charge is 0.463 e. The number of ether oxygens (including phenoxy) is 1. The molecule has 0 bridgehead atoms. The van der Waals surface area contributed by atoms with E-state index in [-0.39, 0.29) is 6.29 Å². The molecular formula is C10H16O8.